The zero-order chi connectivity index (χ0) is 27.6. The maximum absolute atomic E-state index is 13.0. The van der Waals surface area contributed by atoms with Crippen LogP contribution in [0.4, 0.5) is 18.9 Å². The van der Waals surface area contributed by atoms with Crippen LogP contribution in [0.1, 0.15) is 51.8 Å². The molecule has 1 saturated heterocycles. The van der Waals surface area contributed by atoms with E-state index >= 15 is 0 Å². The van der Waals surface area contributed by atoms with Crippen molar-refractivity contribution in [3.05, 3.63) is 88.9 Å². The average Bonchev–Trinajstić information content (AvgIpc) is 3.58. The third-order valence-electron chi connectivity index (χ3n) is 6.78. The number of aromatic nitrogens is 3. The molecule has 2 amide bonds. The number of rotatable bonds is 6. The average molecular weight is 538 g/mol. The second-order valence-corrected chi connectivity index (χ2v) is 9.58. The molecule has 0 unspecified atom stereocenters. The number of amides is 2. The number of aryl methyl sites for hydroxylation is 1. The van der Waals surface area contributed by atoms with Crippen LogP contribution >= 0.6 is 0 Å². The maximum atomic E-state index is 13.0. The lowest BCUT2D eigenvalue weighted by molar-refractivity contribution is -0.137. The van der Waals surface area contributed by atoms with Crippen molar-refractivity contribution in [2.24, 2.45) is 0 Å². The fraction of sp³-hybridized carbons (Fsp3) is 0.286. The minimum absolute atomic E-state index is 0.133. The van der Waals surface area contributed by atoms with E-state index in [0.717, 1.165) is 30.5 Å². The second-order valence-electron chi connectivity index (χ2n) is 9.58. The fourth-order valence-corrected chi connectivity index (χ4v) is 4.70. The van der Waals surface area contributed by atoms with Gasteiger partial charge in [0, 0.05) is 30.4 Å². The van der Waals surface area contributed by atoms with Crippen molar-refractivity contribution in [2.45, 2.75) is 38.3 Å². The first kappa shape index (κ1) is 26.2. The summed E-state index contributed by atoms with van der Waals surface area (Å²) in [5.41, 5.74) is 2.87. The summed E-state index contributed by atoms with van der Waals surface area (Å²) in [4.78, 5) is 27.0. The molecule has 1 aliphatic heterocycles. The highest BCUT2D eigenvalue weighted by molar-refractivity contribution is 5.93. The van der Waals surface area contributed by atoms with Gasteiger partial charge in [0.15, 0.2) is 0 Å². The molecule has 2 aromatic carbocycles. The molecule has 0 bridgehead atoms. The Morgan fingerprint density at radius 1 is 1.05 bits per heavy atom. The van der Waals surface area contributed by atoms with Crippen LogP contribution in [0.5, 0.6) is 0 Å². The number of piperidine rings is 1. The van der Waals surface area contributed by atoms with Gasteiger partial charge in [0.05, 0.1) is 23.4 Å². The van der Waals surface area contributed by atoms with Crippen LogP contribution in [0.3, 0.4) is 0 Å². The molecule has 0 saturated carbocycles. The van der Waals surface area contributed by atoms with E-state index < -0.39 is 11.7 Å². The molecule has 1 fully saturated rings. The number of nitrogens with zero attached hydrogens (tertiary/aromatic N) is 3. The molecule has 11 heteroatoms. The summed E-state index contributed by atoms with van der Waals surface area (Å²) < 4.78 is 43.4. The number of nitrogens with one attached hydrogen (secondary N) is 2. The number of carbonyl (C=O) groups is 2. The smallest absolute Gasteiger partial charge is 0.361 e. The van der Waals surface area contributed by atoms with Crippen molar-refractivity contribution in [1.82, 2.24) is 20.3 Å². The number of alkyl halides is 3. The normalized spacial score (nSPS) is 14.4. The van der Waals surface area contributed by atoms with Gasteiger partial charge in [-0.05, 0) is 61.6 Å². The zero-order valence-electron chi connectivity index (χ0n) is 21.1. The van der Waals surface area contributed by atoms with E-state index in [4.69, 9.17) is 4.52 Å². The molecule has 0 atom stereocenters. The number of halogens is 3. The molecule has 4 aromatic rings. The van der Waals surface area contributed by atoms with Gasteiger partial charge < -0.3 is 14.7 Å². The van der Waals surface area contributed by atoms with Crippen molar-refractivity contribution in [1.29, 1.82) is 0 Å². The molecule has 2 N–H and O–H groups in total. The van der Waals surface area contributed by atoms with Gasteiger partial charge in [-0.25, -0.2) is 0 Å². The number of H-pyrrole nitrogens is 1. The van der Waals surface area contributed by atoms with Crippen LogP contribution in [0.25, 0.3) is 11.3 Å². The van der Waals surface area contributed by atoms with Crippen molar-refractivity contribution < 1.29 is 27.3 Å². The Morgan fingerprint density at radius 2 is 1.74 bits per heavy atom. The molecular formula is C28H26F3N5O3. The number of hydrogen-bond acceptors (Lipinski definition) is 5. The van der Waals surface area contributed by atoms with E-state index in [9.17, 15) is 22.8 Å². The van der Waals surface area contributed by atoms with Crippen LogP contribution in [-0.2, 0) is 17.4 Å². The monoisotopic (exact) mass is 537 g/mol. The molecule has 5 rings (SSSR count). The van der Waals surface area contributed by atoms with Gasteiger partial charge in [0.25, 0.3) is 5.91 Å². The van der Waals surface area contributed by atoms with E-state index in [1.54, 1.807) is 24.0 Å². The lowest BCUT2D eigenvalue weighted by Gasteiger charge is -2.32. The minimum Gasteiger partial charge on any atom is -0.361 e. The van der Waals surface area contributed by atoms with Gasteiger partial charge in [0.2, 0.25) is 5.91 Å². The van der Waals surface area contributed by atoms with E-state index in [1.807, 2.05) is 24.3 Å². The van der Waals surface area contributed by atoms with Gasteiger partial charge >= 0.3 is 6.18 Å². The summed E-state index contributed by atoms with van der Waals surface area (Å²) >= 11 is 0. The number of hydrogen-bond donors (Lipinski definition) is 2. The fourth-order valence-electron chi connectivity index (χ4n) is 4.70. The Labute approximate surface area is 222 Å². The van der Waals surface area contributed by atoms with E-state index in [1.165, 1.54) is 12.1 Å². The minimum atomic E-state index is -4.41. The van der Waals surface area contributed by atoms with Crippen molar-refractivity contribution in [2.75, 3.05) is 18.4 Å². The summed E-state index contributed by atoms with van der Waals surface area (Å²) in [6, 6.07) is 15.7. The van der Waals surface area contributed by atoms with Gasteiger partial charge in [-0.1, -0.05) is 29.4 Å². The van der Waals surface area contributed by atoms with Crippen LogP contribution in [0.2, 0.25) is 0 Å². The lowest BCUT2D eigenvalue weighted by Crippen LogP contribution is -2.38. The molecule has 202 valence electrons. The highest BCUT2D eigenvalue weighted by atomic mass is 19.4. The molecule has 2 aromatic heterocycles. The number of aromatic amines is 1. The quantitative estimate of drug-likeness (QED) is 0.334. The van der Waals surface area contributed by atoms with Gasteiger partial charge in [0.1, 0.15) is 11.5 Å². The van der Waals surface area contributed by atoms with Crippen LogP contribution in [0, 0.1) is 6.92 Å². The van der Waals surface area contributed by atoms with Gasteiger partial charge in [-0.15, -0.1) is 0 Å². The Hall–Kier alpha value is -4.41. The molecule has 39 heavy (non-hydrogen) atoms. The molecule has 0 radical (unpaired) electrons. The first-order valence-corrected chi connectivity index (χ1v) is 12.5. The van der Waals surface area contributed by atoms with Crippen LogP contribution in [-0.4, -0.2) is 45.2 Å². The molecule has 0 aliphatic carbocycles. The Balaban J connectivity index is 1.13. The number of carbonyl (C=O) groups excluding carboxylic acids is 2. The highest BCUT2D eigenvalue weighted by Gasteiger charge is 2.30. The second kappa shape index (κ2) is 10.8. The van der Waals surface area contributed by atoms with Gasteiger partial charge in [-0.2, -0.15) is 18.3 Å². The van der Waals surface area contributed by atoms with Gasteiger partial charge in [-0.3, -0.25) is 14.7 Å². The number of likely N-dealkylation sites (tertiary alicyclic amines) is 1. The standard InChI is InChI=1S/C28H26F3N5O3/c1-17-14-23(35-39-17)15-26(37)32-22-8-4-18(5-9-22)19-10-12-36(13-11-19)27(38)25-16-24(33-34-25)20-2-6-21(7-3-20)28(29,30)31/h2-9,14,16,19H,10-13,15H2,1H3,(H,32,37)(H,33,34). The Bertz CT molecular complexity index is 1450. The van der Waals surface area contributed by atoms with Crippen LogP contribution in [0.15, 0.2) is 65.2 Å². The summed E-state index contributed by atoms with van der Waals surface area (Å²) in [6.07, 6.45) is -2.72. The van der Waals surface area contributed by atoms with E-state index in [-0.39, 0.29) is 24.2 Å². The maximum Gasteiger partial charge on any atom is 0.416 e. The largest absolute Gasteiger partial charge is 0.416 e. The van der Waals surface area contributed by atoms with E-state index in [2.05, 4.69) is 20.7 Å². The summed E-state index contributed by atoms with van der Waals surface area (Å²) in [6.45, 7) is 2.90. The molecular weight excluding hydrogens is 511 g/mol. The Kier molecular flexibility index (Phi) is 7.23. The third-order valence-corrected chi connectivity index (χ3v) is 6.78. The van der Waals surface area contributed by atoms with Crippen molar-refractivity contribution in [3.8, 4) is 11.3 Å². The van der Waals surface area contributed by atoms with E-state index in [0.29, 0.717) is 47.2 Å². The first-order valence-electron chi connectivity index (χ1n) is 12.5. The highest BCUT2D eigenvalue weighted by Crippen LogP contribution is 2.32. The summed E-state index contributed by atoms with van der Waals surface area (Å²) in [7, 11) is 0. The molecule has 8 nitrogen and oxygen atoms in total. The third kappa shape index (κ3) is 6.19. The SMILES string of the molecule is Cc1cc(CC(=O)Nc2ccc(C3CCN(C(=O)c4cc(-c5ccc(C(F)(F)F)cc5)n[nH]4)CC3)cc2)no1. The number of benzene rings is 2. The molecule has 0 spiro atoms. The van der Waals surface area contributed by atoms with Crippen LogP contribution < -0.4 is 5.32 Å². The Morgan fingerprint density at radius 3 is 2.36 bits per heavy atom. The number of anilines is 1. The predicted octanol–water partition coefficient (Wildman–Crippen LogP) is 5.59. The van der Waals surface area contributed by atoms with Crippen molar-refractivity contribution in [3.63, 3.8) is 0 Å². The predicted molar refractivity (Wildman–Crippen MR) is 137 cm³/mol. The lowest BCUT2D eigenvalue weighted by atomic mass is 9.89. The topological polar surface area (TPSA) is 104 Å². The molecule has 1 aliphatic rings. The summed E-state index contributed by atoms with van der Waals surface area (Å²) in [5.74, 6) is 0.561. The first-order chi connectivity index (χ1) is 18.7. The zero-order valence-corrected chi connectivity index (χ0v) is 21.1. The van der Waals surface area contributed by atoms with Crippen molar-refractivity contribution >= 4 is 17.5 Å². The molecule has 3 heterocycles. The summed E-state index contributed by atoms with van der Waals surface area (Å²) in [5, 5.41) is 13.5.